The maximum Gasteiger partial charge on any atom is 0.240 e. The molecule has 0 bridgehead atoms. The van der Waals surface area contributed by atoms with Crippen LogP contribution in [0.3, 0.4) is 0 Å². The van der Waals surface area contributed by atoms with Gasteiger partial charge in [0.2, 0.25) is 11.8 Å². The van der Waals surface area contributed by atoms with Crippen molar-refractivity contribution in [1.82, 2.24) is 4.90 Å². The van der Waals surface area contributed by atoms with Gasteiger partial charge in [-0.1, -0.05) is 28.1 Å². The Morgan fingerprint density at radius 2 is 1.95 bits per heavy atom. The molecule has 2 rings (SSSR count). The molecule has 0 aromatic heterocycles. The van der Waals surface area contributed by atoms with E-state index in [1.54, 1.807) is 4.90 Å². The molecule has 1 fully saturated rings. The number of benzene rings is 1. The average molecular weight is 325 g/mol. The van der Waals surface area contributed by atoms with E-state index in [-0.39, 0.29) is 5.91 Å². The second-order valence-corrected chi connectivity index (χ2v) is 5.72. The minimum atomic E-state index is -0.434. The van der Waals surface area contributed by atoms with Crippen molar-refractivity contribution in [3.05, 3.63) is 34.3 Å². The van der Waals surface area contributed by atoms with Gasteiger partial charge in [0.25, 0.3) is 0 Å². The molecular weight excluding hydrogens is 308 g/mol. The van der Waals surface area contributed by atoms with E-state index in [0.29, 0.717) is 19.4 Å². The number of hydrogen-bond donors (Lipinski definition) is 1. The van der Waals surface area contributed by atoms with Crippen LogP contribution in [-0.2, 0) is 16.0 Å². The monoisotopic (exact) mass is 324 g/mol. The van der Waals surface area contributed by atoms with Crippen LogP contribution in [0.25, 0.3) is 0 Å². The lowest BCUT2D eigenvalue weighted by Crippen LogP contribution is -2.50. The van der Waals surface area contributed by atoms with Gasteiger partial charge in [0, 0.05) is 11.0 Å². The fourth-order valence-electron chi connectivity index (χ4n) is 2.40. The van der Waals surface area contributed by atoms with Crippen LogP contribution < -0.4 is 5.73 Å². The van der Waals surface area contributed by atoms with E-state index >= 15 is 0 Å². The second kappa shape index (κ2) is 6.19. The number of nitrogens with two attached hydrogens (primary N) is 1. The maximum absolute atomic E-state index is 12.3. The largest absolute Gasteiger partial charge is 0.368 e. The highest BCUT2D eigenvalue weighted by molar-refractivity contribution is 9.10. The number of halogens is 1. The first kappa shape index (κ1) is 14.1. The minimum Gasteiger partial charge on any atom is -0.368 e. The summed E-state index contributed by atoms with van der Waals surface area (Å²) in [6, 6.07) is 7.20. The first-order chi connectivity index (χ1) is 9.08. The summed E-state index contributed by atoms with van der Waals surface area (Å²) in [5, 5.41) is 0. The summed E-state index contributed by atoms with van der Waals surface area (Å²) in [6.45, 7) is 0.628. The summed E-state index contributed by atoms with van der Waals surface area (Å²) in [4.78, 5) is 25.3. The van der Waals surface area contributed by atoms with E-state index in [4.69, 9.17) is 5.73 Å². The Kier molecular flexibility index (Phi) is 4.58. The molecule has 5 heteroatoms. The molecule has 1 aliphatic rings. The number of carbonyl (C=O) groups excluding carboxylic acids is 2. The number of amides is 2. The van der Waals surface area contributed by atoms with Gasteiger partial charge in [-0.25, -0.2) is 0 Å². The quantitative estimate of drug-likeness (QED) is 0.922. The smallest absolute Gasteiger partial charge is 0.240 e. The van der Waals surface area contributed by atoms with Crippen molar-refractivity contribution in [3.8, 4) is 0 Å². The molecule has 0 radical (unpaired) electrons. The second-order valence-electron chi connectivity index (χ2n) is 4.80. The molecule has 1 aromatic carbocycles. The third-order valence-electron chi connectivity index (χ3n) is 3.42. The number of primary amides is 1. The molecule has 1 unspecified atom stereocenters. The van der Waals surface area contributed by atoms with Crippen LogP contribution in [-0.4, -0.2) is 29.3 Å². The molecule has 1 heterocycles. The van der Waals surface area contributed by atoms with Crippen LogP contribution in [0.1, 0.15) is 24.8 Å². The molecule has 4 nitrogen and oxygen atoms in total. The molecule has 19 heavy (non-hydrogen) atoms. The summed E-state index contributed by atoms with van der Waals surface area (Å²) in [5.41, 5.74) is 6.32. The Morgan fingerprint density at radius 3 is 2.58 bits per heavy atom. The Labute approximate surface area is 121 Å². The fraction of sp³-hybridized carbons (Fsp3) is 0.429. The van der Waals surface area contributed by atoms with Gasteiger partial charge in [-0.3, -0.25) is 9.59 Å². The van der Waals surface area contributed by atoms with Gasteiger partial charge in [-0.2, -0.15) is 0 Å². The normalized spacial score (nSPS) is 19.2. The van der Waals surface area contributed by atoms with Crippen LogP contribution in [0.4, 0.5) is 0 Å². The van der Waals surface area contributed by atoms with Crippen LogP contribution in [0, 0.1) is 0 Å². The minimum absolute atomic E-state index is 0.0224. The molecule has 0 saturated carbocycles. The first-order valence-electron chi connectivity index (χ1n) is 6.41. The average Bonchev–Trinajstić information content (AvgIpc) is 2.41. The predicted octanol–water partition coefficient (Wildman–Crippen LogP) is 1.86. The standard InChI is InChI=1S/C14H17BrN2O2/c15-11-6-4-10(5-7-11)9-13(18)17-8-2-1-3-12(17)14(16)19/h4-7,12H,1-3,8-9H2,(H2,16,19). The van der Waals surface area contributed by atoms with Gasteiger partial charge < -0.3 is 10.6 Å². The molecule has 2 N–H and O–H groups in total. The maximum atomic E-state index is 12.3. The molecule has 102 valence electrons. The lowest BCUT2D eigenvalue weighted by atomic mass is 10.0. The zero-order valence-corrected chi connectivity index (χ0v) is 12.2. The number of carbonyl (C=O) groups is 2. The van der Waals surface area contributed by atoms with Gasteiger partial charge in [0.15, 0.2) is 0 Å². The molecular formula is C14H17BrN2O2. The van der Waals surface area contributed by atoms with Crippen molar-refractivity contribution in [3.63, 3.8) is 0 Å². The highest BCUT2D eigenvalue weighted by Crippen LogP contribution is 2.19. The van der Waals surface area contributed by atoms with E-state index in [9.17, 15) is 9.59 Å². The van der Waals surface area contributed by atoms with E-state index in [0.717, 1.165) is 22.9 Å². The molecule has 0 spiro atoms. The number of piperidine rings is 1. The topological polar surface area (TPSA) is 63.4 Å². The van der Waals surface area contributed by atoms with Crippen molar-refractivity contribution in [2.75, 3.05) is 6.54 Å². The lowest BCUT2D eigenvalue weighted by molar-refractivity contribution is -0.140. The Bertz CT molecular complexity index is 473. The number of rotatable bonds is 3. The van der Waals surface area contributed by atoms with E-state index in [2.05, 4.69) is 15.9 Å². The SMILES string of the molecule is NC(=O)C1CCCCN1C(=O)Cc1ccc(Br)cc1. The number of likely N-dealkylation sites (tertiary alicyclic amines) is 1. The van der Waals surface area contributed by atoms with Crippen LogP contribution in [0.2, 0.25) is 0 Å². The van der Waals surface area contributed by atoms with Crippen molar-refractivity contribution in [1.29, 1.82) is 0 Å². The molecule has 1 atom stereocenters. The summed E-state index contributed by atoms with van der Waals surface area (Å²) in [6.07, 6.45) is 2.89. The predicted molar refractivity (Wildman–Crippen MR) is 76.4 cm³/mol. The van der Waals surface area contributed by atoms with Crippen molar-refractivity contribution in [2.24, 2.45) is 5.73 Å². The number of nitrogens with zero attached hydrogens (tertiary/aromatic N) is 1. The molecule has 1 aliphatic heterocycles. The first-order valence-corrected chi connectivity index (χ1v) is 7.20. The summed E-state index contributed by atoms with van der Waals surface area (Å²) < 4.78 is 0.983. The van der Waals surface area contributed by atoms with Gasteiger partial charge >= 0.3 is 0 Å². The summed E-state index contributed by atoms with van der Waals surface area (Å²) in [5.74, 6) is -0.422. The van der Waals surface area contributed by atoms with E-state index < -0.39 is 11.9 Å². The Morgan fingerprint density at radius 1 is 1.26 bits per heavy atom. The number of hydrogen-bond acceptors (Lipinski definition) is 2. The van der Waals surface area contributed by atoms with Crippen molar-refractivity contribution < 1.29 is 9.59 Å². The molecule has 1 aromatic rings. The Balaban J connectivity index is 2.05. The van der Waals surface area contributed by atoms with E-state index in [1.807, 2.05) is 24.3 Å². The third-order valence-corrected chi connectivity index (χ3v) is 3.95. The van der Waals surface area contributed by atoms with Crippen LogP contribution in [0.15, 0.2) is 28.7 Å². The van der Waals surface area contributed by atoms with Crippen LogP contribution in [0.5, 0.6) is 0 Å². The van der Waals surface area contributed by atoms with Gasteiger partial charge in [0.05, 0.1) is 6.42 Å². The summed E-state index contributed by atoms with van der Waals surface area (Å²) in [7, 11) is 0. The van der Waals surface area contributed by atoms with Crippen molar-refractivity contribution >= 4 is 27.7 Å². The highest BCUT2D eigenvalue weighted by atomic mass is 79.9. The lowest BCUT2D eigenvalue weighted by Gasteiger charge is -2.33. The van der Waals surface area contributed by atoms with Crippen molar-refractivity contribution in [2.45, 2.75) is 31.7 Å². The zero-order chi connectivity index (χ0) is 13.8. The Hall–Kier alpha value is -1.36. The molecule has 2 amide bonds. The fourth-order valence-corrected chi connectivity index (χ4v) is 2.67. The van der Waals surface area contributed by atoms with Gasteiger partial charge in [-0.15, -0.1) is 0 Å². The van der Waals surface area contributed by atoms with Gasteiger partial charge in [0.1, 0.15) is 6.04 Å². The summed E-state index contributed by atoms with van der Waals surface area (Å²) >= 11 is 3.36. The van der Waals surface area contributed by atoms with E-state index in [1.165, 1.54) is 0 Å². The molecule has 0 aliphatic carbocycles. The molecule has 1 saturated heterocycles. The zero-order valence-electron chi connectivity index (χ0n) is 10.6. The van der Waals surface area contributed by atoms with Gasteiger partial charge in [-0.05, 0) is 37.0 Å². The van der Waals surface area contributed by atoms with Crippen LogP contribution >= 0.6 is 15.9 Å². The highest BCUT2D eigenvalue weighted by Gasteiger charge is 2.30. The third kappa shape index (κ3) is 3.56.